The third-order valence-corrected chi connectivity index (χ3v) is 4.78. The average molecular weight is 400 g/mol. The van der Waals surface area contributed by atoms with Gasteiger partial charge in [0.25, 0.3) is 5.91 Å². The monoisotopic (exact) mass is 399 g/mol. The summed E-state index contributed by atoms with van der Waals surface area (Å²) in [4.78, 5) is 37.6. The van der Waals surface area contributed by atoms with Crippen LogP contribution in [0.5, 0.6) is 0 Å². The fraction of sp³-hybridized carbons (Fsp3) is 0.286. The van der Waals surface area contributed by atoms with Gasteiger partial charge in [-0.3, -0.25) is 14.4 Å². The molecule has 3 amide bonds. The first kappa shape index (κ1) is 19.9. The van der Waals surface area contributed by atoms with Gasteiger partial charge in [-0.1, -0.05) is 23.7 Å². The van der Waals surface area contributed by atoms with Gasteiger partial charge in [0.05, 0.1) is 6.54 Å². The Hall–Kier alpha value is -2.86. The highest BCUT2D eigenvalue weighted by atomic mass is 35.5. The topological polar surface area (TPSA) is 78.5 Å². The van der Waals surface area contributed by atoms with E-state index in [1.807, 2.05) is 18.2 Å². The Morgan fingerprint density at radius 3 is 2.54 bits per heavy atom. The molecule has 7 heteroatoms. The van der Waals surface area contributed by atoms with Crippen molar-refractivity contribution in [3.8, 4) is 0 Å². The average Bonchev–Trinajstić information content (AvgIpc) is 3.12. The first-order chi connectivity index (χ1) is 13.5. The van der Waals surface area contributed by atoms with E-state index in [2.05, 4.69) is 10.6 Å². The number of halogens is 1. The van der Waals surface area contributed by atoms with Gasteiger partial charge >= 0.3 is 0 Å². The second-order valence-corrected chi connectivity index (χ2v) is 7.04. The van der Waals surface area contributed by atoms with Crippen molar-refractivity contribution < 1.29 is 14.4 Å². The summed E-state index contributed by atoms with van der Waals surface area (Å²) in [5.74, 6) is -0.481. The van der Waals surface area contributed by atoms with E-state index in [0.29, 0.717) is 36.5 Å². The van der Waals surface area contributed by atoms with Gasteiger partial charge in [0.1, 0.15) is 0 Å². The van der Waals surface area contributed by atoms with Gasteiger partial charge in [0.15, 0.2) is 0 Å². The van der Waals surface area contributed by atoms with Crippen LogP contribution in [0, 0.1) is 0 Å². The van der Waals surface area contributed by atoms with E-state index in [-0.39, 0.29) is 24.3 Å². The van der Waals surface area contributed by atoms with Crippen molar-refractivity contribution in [3.63, 3.8) is 0 Å². The lowest BCUT2D eigenvalue weighted by molar-refractivity contribution is -0.120. The van der Waals surface area contributed by atoms with Crippen LogP contribution in [0.15, 0.2) is 48.5 Å². The predicted molar refractivity (Wildman–Crippen MR) is 109 cm³/mol. The third kappa shape index (κ3) is 5.33. The second kappa shape index (κ2) is 9.37. The summed E-state index contributed by atoms with van der Waals surface area (Å²) >= 11 is 5.93. The number of benzene rings is 2. The Labute approximate surface area is 168 Å². The number of anilines is 1. The molecule has 2 aromatic carbocycles. The molecule has 1 heterocycles. The number of hydrogen-bond acceptors (Lipinski definition) is 3. The van der Waals surface area contributed by atoms with E-state index in [0.717, 1.165) is 17.7 Å². The number of rotatable bonds is 7. The minimum absolute atomic E-state index is 0.0965. The van der Waals surface area contributed by atoms with Gasteiger partial charge in [-0.25, -0.2) is 0 Å². The fourth-order valence-corrected chi connectivity index (χ4v) is 3.29. The molecule has 0 bridgehead atoms. The zero-order chi connectivity index (χ0) is 19.9. The Morgan fingerprint density at radius 1 is 1.07 bits per heavy atom. The van der Waals surface area contributed by atoms with E-state index in [9.17, 15) is 14.4 Å². The van der Waals surface area contributed by atoms with Crippen LogP contribution in [0.1, 0.15) is 28.8 Å². The highest BCUT2D eigenvalue weighted by Crippen LogP contribution is 2.21. The lowest BCUT2D eigenvalue weighted by atomic mass is 10.1. The molecule has 0 aromatic heterocycles. The summed E-state index contributed by atoms with van der Waals surface area (Å²) < 4.78 is 0. The predicted octanol–water partition coefficient (Wildman–Crippen LogP) is 2.56. The lowest BCUT2D eigenvalue weighted by Crippen LogP contribution is -2.37. The zero-order valence-corrected chi connectivity index (χ0v) is 16.2. The van der Waals surface area contributed by atoms with E-state index in [1.165, 1.54) is 0 Å². The first-order valence-electron chi connectivity index (χ1n) is 9.23. The molecule has 6 nitrogen and oxygen atoms in total. The molecule has 3 rings (SSSR count). The smallest absolute Gasteiger partial charge is 0.251 e. The fourth-order valence-electron chi connectivity index (χ4n) is 3.08. The van der Waals surface area contributed by atoms with E-state index < -0.39 is 0 Å². The minimum atomic E-state index is -0.329. The molecule has 0 atom stereocenters. The molecule has 1 fully saturated rings. The van der Waals surface area contributed by atoms with Gasteiger partial charge in [-0.05, 0) is 54.8 Å². The quantitative estimate of drug-likeness (QED) is 0.751. The largest absolute Gasteiger partial charge is 0.354 e. The van der Waals surface area contributed by atoms with Gasteiger partial charge in [0.2, 0.25) is 11.8 Å². The maximum atomic E-state index is 12.2. The molecule has 28 heavy (non-hydrogen) atoms. The zero-order valence-electron chi connectivity index (χ0n) is 15.4. The van der Waals surface area contributed by atoms with Crippen molar-refractivity contribution in [2.75, 3.05) is 24.5 Å². The Balaban J connectivity index is 1.42. The molecule has 0 saturated carbocycles. The van der Waals surface area contributed by atoms with Crippen molar-refractivity contribution in [2.45, 2.75) is 19.3 Å². The van der Waals surface area contributed by atoms with Gasteiger partial charge in [0, 0.05) is 35.8 Å². The SMILES string of the molecule is O=C(CNC(=O)c1ccc(N2CCCC2=O)cc1)NCCc1cccc(Cl)c1. The lowest BCUT2D eigenvalue weighted by Gasteiger charge is -2.15. The molecule has 146 valence electrons. The van der Waals surface area contributed by atoms with Gasteiger partial charge in [-0.15, -0.1) is 0 Å². The maximum absolute atomic E-state index is 12.2. The van der Waals surface area contributed by atoms with Crippen LogP contribution < -0.4 is 15.5 Å². The molecule has 0 spiro atoms. The van der Waals surface area contributed by atoms with Crippen LogP contribution in [0.3, 0.4) is 0 Å². The highest BCUT2D eigenvalue weighted by Gasteiger charge is 2.21. The molecular weight excluding hydrogens is 378 g/mol. The van der Waals surface area contributed by atoms with Crippen LogP contribution in [0.25, 0.3) is 0 Å². The Kier molecular flexibility index (Phi) is 6.66. The molecule has 2 N–H and O–H groups in total. The molecule has 0 radical (unpaired) electrons. The van der Waals surface area contributed by atoms with Crippen molar-refractivity contribution in [2.24, 2.45) is 0 Å². The number of carbonyl (C=O) groups is 3. The summed E-state index contributed by atoms with van der Waals surface area (Å²) in [5, 5.41) is 6.03. The van der Waals surface area contributed by atoms with E-state index in [4.69, 9.17) is 11.6 Å². The Morgan fingerprint density at radius 2 is 1.86 bits per heavy atom. The third-order valence-electron chi connectivity index (χ3n) is 4.55. The summed E-state index contributed by atoms with van der Waals surface area (Å²) in [5.41, 5.74) is 2.27. The molecule has 0 unspecified atom stereocenters. The molecule has 0 aliphatic carbocycles. The number of nitrogens with zero attached hydrogens (tertiary/aromatic N) is 1. The van der Waals surface area contributed by atoms with Crippen LogP contribution >= 0.6 is 11.6 Å². The van der Waals surface area contributed by atoms with Crippen LogP contribution in [-0.2, 0) is 16.0 Å². The van der Waals surface area contributed by atoms with Crippen molar-refractivity contribution >= 4 is 35.0 Å². The first-order valence-corrected chi connectivity index (χ1v) is 9.60. The second-order valence-electron chi connectivity index (χ2n) is 6.61. The van der Waals surface area contributed by atoms with Crippen LogP contribution in [-0.4, -0.2) is 37.4 Å². The summed E-state index contributed by atoms with van der Waals surface area (Å²) in [6, 6.07) is 14.3. The van der Waals surface area contributed by atoms with Crippen LogP contribution in [0.4, 0.5) is 5.69 Å². The normalized spacial score (nSPS) is 13.5. The summed E-state index contributed by atoms with van der Waals surface area (Å²) in [7, 11) is 0. The minimum Gasteiger partial charge on any atom is -0.354 e. The van der Waals surface area contributed by atoms with Crippen molar-refractivity contribution in [1.29, 1.82) is 0 Å². The summed E-state index contributed by atoms with van der Waals surface area (Å²) in [6.07, 6.45) is 2.08. The van der Waals surface area contributed by atoms with E-state index in [1.54, 1.807) is 35.2 Å². The maximum Gasteiger partial charge on any atom is 0.251 e. The standard InChI is InChI=1S/C21H22ClN3O3/c22-17-4-1-3-15(13-17)10-11-23-19(26)14-24-21(28)16-6-8-18(9-7-16)25-12-2-5-20(25)27/h1,3-4,6-9,13H,2,5,10-12,14H2,(H,23,26)(H,24,28). The number of carbonyl (C=O) groups excluding carboxylic acids is 3. The van der Waals surface area contributed by atoms with E-state index >= 15 is 0 Å². The Bertz CT molecular complexity index is 867. The number of hydrogen-bond donors (Lipinski definition) is 2. The van der Waals surface area contributed by atoms with Crippen LogP contribution in [0.2, 0.25) is 5.02 Å². The van der Waals surface area contributed by atoms with Gasteiger partial charge < -0.3 is 15.5 Å². The van der Waals surface area contributed by atoms with Crippen molar-refractivity contribution in [3.05, 3.63) is 64.7 Å². The molecular formula is C21H22ClN3O3. The van der Waals surface area contributed by atoms with Crippen molar-refractivity contribution in [1.82, 2.24) is 10.6 Å². The number of nitrogens with one attached hydrogen (secondary N) is 2. The molecule has 1 aliphatic heterocycles. The molecule has 1 saturated heterocycles. The summed E-state index contributed by atoms with van der Waals surface area (Å²) in [6.45, 7) is 1.08. The molecule has 1 aliphatic rings. The highest BCUT2D eigenvalue weighted by molar-refractivity contribution is 6.30. The number of amides is 3. The molecule has 2 aromatic rings. The van der Waals surface area contributed by atoms with Gasteiger partial charge in [-0.2, -0.15) is 0 Å².